The third-order valence-electron chi connectivity index (χ3n) is 3.22. The Balaban J connectivity index is 2.22. The first-order chi connectivity index (χ1) is 9.00. The number of hydrogen-bond donors (Lipinski definition) is 1. The van der Waals surface area contributed by atoms with Gasteiger partial charge in [0, 0.05) is 19.2 Å². The van der Waals surface area contributed by atoms with Crippen molar-refractivity contribution in [2.45, 2.75) is 45.6 Å². The summed E-state index contributed by atoms with van der Waals surface area (Å²) in [6.07, 6.45) is 3.73. The fraction of sp³-hybridized carbons (Fsp3) is 0.643. The molecule has 2 heterocycles. The van der Waals surface area contributed by atoms with Gasteiger partial charge in [-0.25, -0.2) is 9.97 Å². The molecular formula is C14H21N5. The second-order valence-corrected chi connectivity index (χ2v) is 5.57. The first kappa shape index (κ1) is 13.6. The Morgan fingerprint density at radius 2 is 1.95 bits per heavy atom. The Labute approximate surface area is 114 Å². The van der Waals surface area contributed by atoms with Gasteiger partial charge in [0.2, 0.25) is 0 Å². The van der Waals surface area contributed by atoms with Crippen LogP contribution in [0.3, 0.4) is 0 Å². The highest BCUT2D eigenvalue weighted by Crippen LogP contribution is 2.21. The summed E-state index contributed by atoms with van der Waals surface area (Å²) < 4.78 is 0. The van der Waals surface area contributed by atoms with Gasteiger partial charge in [-0.3, -0.25) is 0 Å². The summed E-state index contributed by atoms with van der Waals surface area (Å²) in [5.74, 6) is 2.42. The van der Waals surface area contributed by atoms with E-state index in [0.29, 0.717) is 0 Å². The van der Waals surface area contributed by atoms with Gasteiger partial charge in [-0.1, -0.05) is 0 Å². The number of anilines is 2. The standard InChI is InChI=1S/C14H21N5/c1-11-16-12(18-14(2,3)10-15)9-13(17-11)19-7-5-4-6-8-19/h9H,4-8H2,1-3H3,(H,16,17,18). The molecule has 5 heteroatoms. The average molecular weight is 259 g/mol. The number of nitrogens with one attached hydrogen (secondary N) is 1. The summed E-state index contributed by atoms with van der Waals surface area (Å²) in [6, 6.07) is 4.17. The summed E-state index contributed by atoms with van der Waals surface area (Å²) in [7, 11) is 0. The maximum absolute atomic E-state index is 9.08. The first-order valence-electron chi connectivity index (χ1n) is 6.80. The van der Waals surface area contributed by atoms with Crippen LogP contribution in [0.25, 0.3) is 0 Å². The fourth-order valence-electron chi connectivity index (χ4n) is 2.25. The lowest BCUT2D eigenvalue weighted by Crippen LogP contribution is -2.32. The molecule has 5 nitrogen and oxygen atoms in total. The highest BCUT2D eigenvalue weighted by Gasteiger charge is 2.19. The Morgan fingerprint density at radius 1 is 1.26 bits per heavy atom. The molecule has 0 atom stereocenters. The number of aromatic nitrogens is 2. The normalized spacial score (nSPS) is 16.0. The van der Waals surface area contributed by atoms with Crippen LogP contribution in [0.15, 0.2) is 6.07 Å². The molecule has 19 heavy (non-hydrogen) atoms. The number of piperidine rings is 1. The molecule has 102 valence electrons. The highest BCUT2D eigenvalue weighted by molar-refractivity contribution is 5.51. The van der Waals surface area contributed by atoms with E-state index in [1.165, 1.54) is 19.3 Å². The van der Waals surface area contributed by atoms with E-state index in [0.717, 1.165) is 30.5 Å². The van der Waals surface area contributed by atoms with E-state index in [1.807, 2.05) is 26.8 Å². The first-order valence-corrected chi connectivity index (χ1v) is 6.80. The molecule has 0 amide bonds. The molecule has 1 aliphatic rings. The van der Waals surface area contributed by atoms with E-state index in [4.69, 9.17) is 5.26 Å². The summed E-state index contributed by atoms with van der Waals surface area (Å²) >= 11 is 0. The number of nitriles is 1. The van der Waals surface area contributed by atoms with Gasteiger partial charge in [-0.15, -0.1) is 0 Å². The lowest BCUT2D eigenvalue weighted by atomic mass is 10.1. The highest BCUT2D eigenvalue weighted by atomic mass is 15.2. The van der Waals surface area contributed by atoms with Gasteiger partial charge in [-0.05, 0) is 40.0 Å². The van der Waals surface area contributed by atoms with Crippen molar-refractivity contribution in [1.82, 2.24) is 9.97 Å². The van der Waals surface area contributed by atoms with Crippen LogP contribution in [0.5, 0.6) is 0 Å². The van der Waals surface area contributed by atoms with Crippen molar-refractivity contribution in [1.29, 1.82) is 5.26 Å². The Bertz CT molecular complexity index is 483. The molecule has 1 fully saturated rings. The maximum atomic E-state index is 9.08. The monoisotopic (exact) mass is 259 g/mol. The molecule has 1 aromatic heterocycles. The van der Waals surface area contributed by atoms with Gasteiger partial charge in [0.05, 0.1) is 6.07 Å². The molecule has 1 aromatic rings. The van der Waals surface area contributed by atoms with Crippen molar-refractivity contribution in [2.75, 3.05) is 23.3 Å². The molecule has 0 radical (unpaired) electrons. The summed E-state index contributed by atoms with van der Waals surface area (Å²) in [6.45, 7) is 7.67. The molecule has 0 unspecified atom stereocenters. The number of aryl methyl sites for hydroxylation is 1. The molecule has 2 rings (SSSR count). The molecule has 1 N–H and O–H groups in total. The van der Waals surface area contributed by atoms with E-state index in [1.54, 1.807) is 0 Å². The molecule has 1 saturated heterocycles. The quantitative estimate of drug-likeness (QED) is 0.903. The van der Waals surface area contributed by atoms with Crippen LogP contribution >= 0.6 is 0 Å². The van der Waals surface area contributed by atoms with Crippen LogP contribution in [0.2, 0.25) is 0 Å². The lowest BCUT2D eigenvalue weighted by Gasteiger charge is -2.28. The average Bonchev–Trinajstić information content (AvgIpc) is 2.38. The van der Waals surface area contributed by atoms with E-state index in [2.05, 4.69) is 26.3 Å². The molecule has 0 aromatic carbocycles. The van der Waals surface area contributed by atoms with Crippen molar-refractivity contribution in [3.05, 3.63) is 11.9 Å². The van der Waals surface area contributed by atoms with E-state index >= 15 is 0 Å². The zero-order chi connectivity index (χ0) is 13.9. The fourth-order valence-corrected chi connectivity index (χ4v) is 2.25. The Morgan fingerprint density at radius 3 is 2.58 bits per heavy atom. The Hall–Kier alpha value is -1.83. The molecule has 0 spiro atoms. The van der Waals surface area contributed by atoms with Crippen molar-refractivity contribution in [3.8, 4) is 6.07 Å². The van der Waals surface area contributed by atoms with Crippen LogP contribution in [0.1, 0.15) is 38.9 Å². The van der Waals surface area contributed by atoms with E-state index in [-0.39, 0.29) is 0 Å². The van der Waals surface area contributed by atoms with E-state index in [9.17, 15) is 0 Å². The molecule has 0 saturated carbocycles. The number of nitrogens with zero attached hydrogens (tertiary/aromatic N) is 4. The van der Waals surface area contributed by atoms with E-state index < -0.39 is 5.54 Å². The van der Waals surface area contributed by atoms with Crippen molar-refractivity contribution in [2.24, 2.45) is 0 Å². The second kappa shape index (κ2) is 5.43. The predicted molar refractivity (Wildman–Crippen MR) is 76.1 cm³/mol. The van der Waals surface area contributed by atoms with Crippen LogP contribution in [-0.2, 0) is 0 Å². The van der Waals surface area contributed by atoms with Gasteiger partial charge < -0.3 is 10.2 Å². The third kappa shape index (κ3) is 3.57. The number of rotatable bonds is 3. The van der Waals surface area contributed by atoms with Gasteiger partial charge in [0.15, 0.2) is 0 Å². The minimum atomic E-state index is -0.625. The topological polar surface area (TPSA) is 64.8 Å². The predicted octanol–water partition coefficient (Wildman–Crippen LogP) is 2.49. The SMILES string of the molecule is Cc1nc(NC(C)(C)C#N)cc(N2CCCCC2)n1. The van der Waals surface area contributed by atoms with Crippen LogP contribution in [0.4, 0.5) is 11.6 Å². The minimum Gasteiger partial charge on any atom is -0.356 e. The molecule has 0 bridgehead atoms. The minimum absolute atomic E-state index is 0.625. The van der Waals surface area contributed by atoms with Crippen molar-refractivity contribution >= 4 is 11.6 Å². The summed E-state index contributed by atoms with van der Waals surface area (Å²) in [5, 5.41) is 12.2. The van der Waals surface area contributed by atoms with Crippen LogP contribution in [-0.4, -0.2) is 28.6 Å². The van der Waals surface area contributed by atoms with Gasteiger partial charge in [0.25, 0.3) is 0 Å². The smallest absolute Gasteiger partial charge is 0.134 e. The van der Waals surface area contributed by atoms with Gasteiger partial charge in [0.1, 0.15) is 23.0 Å². The molecule has 1 aliphatic heterocycles. The van der Waals surface area contributed by atoms with Crippen molar-refractivity contribution in [3.63, 3.8) is 0 Å². The van der Waals surface area contributed by atoms with Crippen LogP contribution in [0, 0.1) is 18.3 Å². The lowest BCUT2D eigenvalue weighted by molar-refractivity contribution is 0.572. The Kier molecular flexibility index (Phi) is 3.89. The number of hydrogen-bond acceptors (Lipinski definition) is 5. The van der Waals surface area contributed by atoms with Gasteiger partial charge in [-0.2, -0.15) is 5.26 Å². The van der Waals surface area contributed by atoms with Crippen molar-refractivity contribution < 1.29 is 0 Å². The summed E-state index contributed by atoms with van der Waals surface area (Å²) in [5.41, 5.74) is -0.625. The molecule has 0 aliphatic carbocycles. The second-order valence-electron chi connectivity index (χ2n) is 5.57. The maximum Gasteiger partial charge on any atom is 0.134 e. The largest absolute Gasteiger partial charge is 0.356 e. The molecular weight excluding hydrogens is 238 g/mol. The summed E-state index contributed by atoms with van der Waals surface area (Å²) in [4.78, 5) is 11.2. The van der Waals surface area contributed by atoms with Crippen LogP contribution < -0.4 is 10.2 Å². The third-order valence-corrected chi connectivity index (χ3v) is 3.22. The zero-order valence-corrected chi connectivity index (χ0v) is 11.9. The van der Waals surface area contributed by atoms with Gasteiger partial charge >= 0.3 is 0 Å². The zero-order valence-electron chi connectivity index (χ0n) is 11.9.